The Balaban J connectivity index is 2.10. The molecule has 6 nitrogen and oxygen atoms in total. The fourth-order valence-electron chi connectivity index (χ4n) is 1.25. The number of sulfonamides is 1. The smallest absolute Gasteiger partial charge is 0.304 e. The summed E-state index contributed by atoms with van der Waals surface area (Å²) in [5.41, 5.74) is 6.75. The minimum Gasteiger partial charge on any atom is -0.326 e. The molecule has 0 aliphatic rings. The van der Waals surface area contributed by atoms with Crippen molar-refractivity contribution < 1.29 is 8.42 Å². The molecule has 0 atom stereocenters. The van der Waals surface area contributed by atoms with Crippen LogP contribution < -0.4 is 15.3 Å². The number of aromatic nitrogens is 1. The minimum absolute atomic E-state index is 0.0664. The highest BCUT2D eigenvalue weighted by Gasteiger charge is 2.16. The second kappa shape index (κ2) is 5.33. The highest BCUT2D eigenvalue weighted by atomic mass is 32.2. The largest absolute Gasteiger partial charge is 0.326 e. The van der Waals surface area contributed by atoms with Crippen molar-refractivity contribution in [1.29, 1.82) is 0 Å². The van der Waals surface area contributed by atoms with Gasteiger partial charge in [-0.3, -0.25) is 4.79 Å². The molecular formula is C9H11N3O3S3. The summed E-state index contributed by atoms with van der Waals surface area (Å²) in [6, 6.07) is 1.55. The van der Waals surface area contributed by atoms with Crippen LogP contribution in [-0.2, 0) is 23.1 Å². The molecule has 0 bridgehead atoms. The van der Waals surface area contributed by atoms with Gasteiger partial charge in [-0.05, 0) is 17.0 Å². The minimum atomic E-state index is -3.54. The van der Waals surface area contributed by atoms with Crippen molar-refractivity contribution in [3.63, 3.8) is 0 Å². The first-order chi connectivity index (χ1) is 8.51. The van der Waals surface area contributed by atoms with Crippen molar-refractivity contribution in [2.45, 2.75) is 17.3 Å². The average molecular weight is 305 g/mol. The first-order valence-electron chi connectivity index (χ1n) is 4.95. The van der Waals surface area contributed by atoms with E-state index in [1.165, 1.54) is 0 Å². The van der Waals surface area contributed by atoms with E-state index in [1.54, 1.807) is 16.8 Å². The Morgan fingerprint density at radius 1 is 1.33 bits per heavy atom. The maximum Gasteiger partial charge on any atom is 0.304 e. The Morgan fingerprint density at radius 3 is 2.67 bits per heavy atom. The lowest BCUT2D eigenvalue weighted by molar-refractivity contribution is 0.582. The van der Waals surface area contributed by atoms with Crippen LogP contribution in [0.5, 0.6) is 0 Å². The van der Waals surface area contributed by atoms with E-state index in [4.69, 9.17) is 5.73 Å². The van der Waals surface area contributed by atoms with Gasteiger partial charge in [-0.15, -0.1) is 11.3 Å². The number of nitrogens with one attached hydrogen (secondary N) is 2. The molecular weight excluding hydrogens is 294 g/mol. The van der Waals surface area contributed by atoms with Crippen LogP contribution in [0.4, 0.5) is 0 Å². The van der Waals surface area contributed by atoms with Gasteiger partial charge in [-0.2, -0.15) is 0 Å². The maximum absolute atomic E-state index is 11.9. The van der Waals surface area contributed by atoms with Crippen molar-refractivity contribution in [2.24, 2.45) is 5.73 Å². The van der Waals surface area contributed by atoms with Gasteiger partial charge < -0.3 is 10.7 Å². The van der Waals surface area contributed by atoms with Crippen LogP contribution in [0.3, 0.4) is 0 Å². The number of H-pyrrole nitrogens is 1. The van der Waals surface area contributed by atoms with E-state index in [-0.39, 0.29) is 15.6 Å². The summed E-state index contributed by atoms with van der Waals surface area (Å²) in [5.74, 6) is 0. The van der Waals surface area contributed by atoms with Crippen LogP contribution in [0.25, 0.3) is 0 Å². The van der Waals surface area contributed by atoms with Crippen LogP contribution in [0.1, 0.15) is 11.3 Å². The van der Waals surface area contributed by atoms with Gasteiger partial charge >= 0.3 is 4.87 Å². The third kappa shape index (κ3) is 3.06. The lowest BCUT2D eigenvalue weighted by atomic mass is 10.4. The van der Waals surface area contributed by atoms with E-state index in [0.717, 1.165) is 28.2 Å². The van der Waals surface area contributed by atoms with Crippen LogP contribution in [0, 0.1) is 0 Å². The van der Waals surface area contributed by atoms with Crippen LogP contribution in [-0.4, -0.2) is 13.4 Å². The van der Waals surface area contributed by atoms with E-state index in [9.17, 15) is 13.2 Å². The zero-order chi connectivity index (χ0) is 13.2. The Labute approximate surface area is 112 Å². The highest BCUT2D eigenvalue weighted by Crippen LogP contribution is 2.19. The molecule has 9 heteroatoms. The van der Waals surface area contributed by atoms with Crippen LogP contribution in [0.15, 0.2) is 25.8 Å². The van der Waals surface area contributed by atoms with Gasteiger partial charge in [-0.1, -0.05) is 11.3 Å². The number of rotatable bonds is 5. The van der Waals surface area contributed by atoms with Gasteiger partial charge in [0.1, 0.15) is 4.21 Å². The molecule has 98 valence electrons. The lowest BCUT2D eigenvalue weighted by Crippen LogP contribution is -2.22. The van der Waals surface area contributed by atoms with Crippen molar-refractivity contribution in [3.05, 3.63) is 37.8 Å². The normalized spacial score (nSPS) is 11.8. The zero-order valence-corrected chi connectivity index (χ0v) is 11.6. The summed E-state index contributed by atoms with van der Waals surface area (Å²) in [5, 5.41) is 3.30. The molecule has 0 radical (unpaired) electrons. The predicted molar refractivity (Wildman–Crippen MR) is 71.2 cm³/mol. The lowest BCUT2D eigenvalue weighted by Gasteiger charge is -2.02. The number of hydrogen-bond donors (Lipinski definition) is 3. The van der Waals surface area contributed by atoms with Crippen LogP contribution in [0.2, 0.25) is 0 Å². The number of thiophene rings is 1. The number of aromatic amines is 1. The third-order valence-electron chi connectivity index (χ3n) is 2.15. The molecule has 0 aromatic carbocycles. The molecule has 2 rings (SSSR count). The molecule has 0 amide bonds. The van der Waals surface area contributed by atoms with E-state index < -0.39 is 10.0 Å². The summed E-state index contributed by atoms with van der Waals surface area (Å²) in [4.78, 5) is 13.2. The molecule has 0 saturated heterocycles. The summed E-state index contributed by atoms with van der Waals surface area (Å²) >= 11 is 2.12. The van der Waals surface area contributed by atoms with Gasteiger partial charge in [0.15, 0.2) is 0 Å². The Bertz CT molecular complexity index is 683. The average Bonchev–Trinajstić information content (AvgIpc) is 2.95. The molecule has 0 saturated carbocycles. The molecule has 0 spiro atoms. The molecule has 0 aliphatic carbocycles. The molecule has 2 aromatic rings. The van der Waals surface area contributed by atoms with E-state index in [0.29, 0.717) is 12.2 Å². The zero-order valence-electron chi connectivity index (χ0n) is 9.17. The molecule has 0 aliphatic heterocycles. The van der Waals surface area contributed by atoms with Crippen molar-refractivity contribution >= 4 is 32.7 Å². The fourth-order valence-corrected chi connectivity index (χ4v) is 4.10. The first-order valence-corrected chi connectivity index (χ1v) is 8.19. The highest BCUT2D eigenvalue weighted by molar-refractivity contribution is 7.91. The van der Waals surface area contributed by atoms with Gasteiger partial charge in [0.25, 0.3) is 0 Å². The van der Waals surface area contributed by atoms with Gasteiger partial charge in [-0.25, -0.2) is 13.1 Å². The summed E-state index contributed by atoms with van der Waals surface area (Å²) in [7, 11) is -3.54. The number of thiazole rings is 1. The first kappa shape index (κ1) is 13.4. The second-order valence-corrected chi connectivity index (χ2v) is 7.22. The Kier molecular flexibility index (Phi) is 3.97. The molecule has 0 unspecified atom stereocenters. The molecule has 2 aromatic heterocycles. The third-order valence-corrected chi connectivity index (χ3v) is 5.76. The molecule has 18 heavy (non-hydrogen) atoms. The topological polar surface area (TPSA) is 105 Å². The summed E-state index contributed by atoms with van der Waals surface area (Å²) < 4.78 is 26.5. The molecule has 2 heterocycles. The van der Waals surface area contributed by atoms with Gasteiger partial charge in [0, 0.05) is 17.6 Å². The van der Waals surface area contributed by atoms with Gasteiger partial charge in [0.05, 0.1) is 6.54 Å². The fraction of sp³-hybridized carbons (Fsp3) is 0.222. The Morgan fingerprint density at radius 2 is 2.11 bits per heavy atom. The SMILES string of the molecule is NCc1csc(S(=O)(=O)NCc2csc(=O)[nH]2)c1. The standard InChI is InChI=1S/C9H11N3O3S3/c10-2-6-1-8(16-4-6)18(14,15)11-3-7-5-17-9(13)12-7/h1,4-5,11H,2-3,10H2,(H,12,13). The maximum atomic E-state index is 11.9. The summed E-state index contributed by atoms with van der Waals surface area (Å²) in [6.45, 7) is 0.376. The molecule has 4 N–H and O–H groups in total. The van der Waals surface area contributed by atoms with Gasteiger partial charge in [0.2, 0.25) is 10.0 Å². The summed E-state index contributed by atoms with van der Waals surface area (Å²) in [6.07, 6.45) is 0. The Hall–Kier alpha value is -1.00. The number of hydrogen-bond acceptors (Lipinski definition) is 6. The van der Waals surface area contributed by atoms with E-state index in [2.05, 4.69) is 9.71 Å². The van der Waals surface area contributed by atoms with Crippen molar-refractivity contribution in [2.75, 3.05) is 0 Å². The quantitative estimate of drug-likeness (QED) is 0.745. The monoisotopic (exact) mass is 305 g/mol. The van der Waals surface area contributed by atoms with Crippen LogP contribution >= 0.6 is 22.7 Å². The van der Waals surface area contributed by atoms with Crippen molar-refractivity contribution in [1.82, 2.24) is 9.71 Å². The van der Waals surface area contributed by atoms with Crippen molar-refractivity contribution in [3.8, 4) is 0 Å². The van der Waals surface area contributed by atoms with E-state index >= 15 is 0 Å². The van der Waals surface area contributed by atoms with E-state index in [1.807, 2.05) is 0 Å². The number of nitrogens with two attached hydrogens (primary N) is 1. The molecule has 0 fully saturated rings. The predicted octanol–water partition coefficient (Wildman–Crippen LogP) is 0.435. The second-order valence-electron chi connectivity index (χ2n) is 3.48.